The Morgan fingerprint density at radius 1 is 1.45 bits per heavy atom. The highest BCUT2D eigenvalue weighted by molar-refractivity contribution is 7.86. The largest absolute Gasteiger partial charge is 0.330 e. The molecule has 1 aliphatic carbocycles. The van der Waals surface area contributed by atoms with Gasteiger partial charge in [0, 0.05) is 0 Å². The molecule has 0 unspecified atom stereocenters. The van der Waals surface area contributed by atoms with E-state index in [1.54, 1.807) is 0 Å². The van der Waals surface area contributed by atoms with Crippen LogP contribution in [0.15, 0.2) is 0 Å². The summed E-state index contributed by atoms with van der Waals surface area (Å²) >= 11 is 0. The third-order valence-corrected chi connectivity index (χ3v) is 3.07. The summed E-state index contributed by atoms with van der Waals surface area (Å²) in [5.41, 5.74) is 4.95. The SMILES string of the molecule is NCCC1(CS(=O)(=O)F)CC1. The zero-order valence-corrected chi connectivity index (χ0v) is 7.03. The predicted octanol–water partition coefficient (Wildman–Crippen LogP) is 0.415. The zero-order chi connectivity index (χ0) is 8.54. The van der Waals surface area contributed by atoms with E-state index in [9.17, 15) is 12.3 Å². The molecule has 66 valence electrons. The lowest BCUT2D eigenvalue weighted by Gasteiger charge is -2.08. The van der Waals surface area contributed by atoms with Crippen LogP contribution < -0.4 is 5.73 Å². The minimum atomic E-state index is -4.30. The Hall–Kier alpha value is -0.160. The molecule has 3 nitrogen and oxygen atoms in total. The summed E-state index contributed by atoms with van der Waals surface area (Å²) < 4.78 is 32.7. The van der Waals surface area contributed by atoms with E-state index in [4.69, 9.17) is 5.73 Å². The van der Waals surface area contributed by atoms with Crippen molar-refractivity contribution in [1.82, 2.24) is 0 Å². The van der Waals surface area contributed by atoms with Crippen LogP contribution >= 0.6 is 0 Å². The van der Waals surface area contributed by atoms with Crippen molar-refractivity contribution in [3.63, 3.8) is 0 Å². The van der Waals surface area contributed by atoms with Gasteiger partial charge in [0.05, 0.1) is 5.75 Å². The first-order chi connectivity index (χ1) is 4.97. The van der Waals surface area contributed by atoms with Crippen LogP contribution in [0.1, 0.15) is 19.3 Å². The molecule has 1 fully saturated rings. The van der Waals surface area contributed by atoms with E-state index < -0.39 is 10.2 Å². The number of nitrogens with two attached hydrogens (primary N) is 1. The molecule has 0 bridgehead atoms. The molecule has 5 heteroatoms. The predicted molar refractivity (Wildman–Crippen MR) is 40.2 cm³/mol. The van der Waals surface area contributed by atoms with Gasteiger partial charge in [-0.3, -0.25) is 0 Å². The van der Waals surface area contributed by atoms with Crippen LogP contribution in [-0.2, 0) is 10.2 Å². The second-order valence-corrected chi connectivity index (χ2v) is 4.59. The Kier molecular flexibility index (Phi) is 2.20. The summed E-state index contributed by atoms with van der Waals surface area (Å²) in [7, 11) is -4.30. The molecule has 0 heterocycles. The van der Waals surface area contributed by atoms with Crippen molar-refractivity contribution < 1.29 is 12.3 Å². The quantitative estimate of drug-likeness (QED) is 0.639. The summed E-state index contributed by atoms with van der Waals surface area (Å²) in [4.78, 5) is 0. The van der Waals surface area contributed by atoms with Crippen molar-refractivity contribution in [2.45, 2.75) is 19.3 Å². The van der Waals surface area contributed by atoms with E-state index >= 15 is 0 Å². The van der Waals surface area contributed by atoms with Crippen molar-refractivity contribution in [1.29, 1.82) is 0 Å². The van der Waals surface area contributed by atoms with E-state index in [1.807, 2.05) is 0 Å². The molecule has 0 aromatic heterocycles. The standard InChI is InChI=1S/C6H12FNO2S/c7-11(9,10)5-6(1-2-6)3-4-8/h1-5,8H2. The summed E-state index contributed by atoms with van der Waals surface area (Å²) in [6.45, 7) is 0.440. The fourth-order valence-electron chi connectivity index (χ4n) is 1.32. The van der Waals surface area contributed by atoms with Gasteiger partial charge in [0.2, 0.25) is 0 Å². The van der Waals surface area contributed by atoms with Gasteiger partial charge in [-0.25, -0.2) is 0 Å². The third kappa shape index (κ3) is 2.75. The normalized spacial score (nSPS) is 21.6. The molecule has 0 radical (unpaired) electrons. The average Bonchev–Trinajstić information content (AvgIpc) is 2.44. The van der Waals surface area contributed by atoms with Crippen molar-refractivity contribution >= 4 is 10.2 Å². The Morgan fingerprint density at radius 3 is 2.27 bits per heavy atom. The van der Waals surface area contributed by atoms with Gasteiger partial charge in [0.15, 0.2) is 0 Å². The van der Waals surface area contributed by atoms with E-state index in [0.29, 0.717) is 13.0 Å². The molecule has 0 aromatic carbocycles. The molecule has 1 rings (SSSR count). The van der Waals surface area contributed by atoms with E-state index in [0.717, 1.165) is 12.8 Å². The number of hydrogen-bond donors (Lipinski definition) is 1. The van der Waals surface area contributed by atoms with Gasteiger partial charge >= 0.3 is 10.2 Å². The van der Waals surface area contributed by atoms with Gasteiger partial charge in [-0.1, -0.05) is 0 Å². The lowest BCUT2D eigenvalue weighted by atomic mass is 10.1. The molecule has 0 saturated heterocycles. The highest BCUT2D eigenvalue weighted by Crippen LogP contribution is 2.49. The van der Waals surface area contributed by atoms with Crippen molar-refractivity contribution in [3.05, 3.63) is 0 Å². The third-order valence-electron chi connectivity index (χ3n) is 2.11. The van der Waals surface area contributed by atoms with E-state index in [2.05, 4.69) is 0 Å². The maximum absolute atomic E-state index is 12.2. The van der Waals surface area contributed by atoms with Crippen molar-refractivity contribution in [2.24, 2.45) is 11.1 Å². The van der Waals surface area contributed by atoms with Crippen LogP contribution in [-0.4, -0.2) is 20.7 Å². The summed E-state index contributed by atoms with van der Waals surface area (Å²) in [6.07, 6.45) is 2.22. The first-order valence-electron chi connectivity index (χ1n) is 3.60. The minimum absolute atomic E-state index is 0.303. The van der Waals surface area contributed by atoms with Crippen LogP contribution in [0, 0.1) is 5.41 Å². The molecule has 0 aliphatic heterocycles. The molecular formula is C6H12FNO2S. The highest BCUT2D eigenvalue weighted by atomic mass is 32.3. The van der Waals surface area contributed by atoms with Gasteiger partial charge in [0.25, 0.3) is 0 Å². The number of rotatable bonds is 4. The van der Waals surface area contributed by atoms with Gasteiger partial charge in [0.1, 0.15) is 0 Å². The molecule has 1 saturated carbocycles. The monoisotopic (exact) mass is 181 g/mol. The molecule has 0 aromatic rings. The minimum Gasteiger partial charge on any atom is -0.330 e. The molecule has 0 atom stereocenters. The second kappa shape index (κ2) is 2.71. The summed E-state index contributed by atoms with van der Waals surface area (Å²) in [5.74, 6) is -0.336. The second-order valence-electron chi connectivity index (χ2n) is 3.22. The summed E-state index contributed by atoms with van der Waals surface area (Å²) in [6, 6.07) is 0. The van der Waals surface area contributed by atoms with Gasteiger partial charge < -0.3 is 5.73 Å². The molecular weight excluding hydrogens is 169 g/mol. The zero-order valence-electron chi connectivity index (χ0n) is 6.22. The summed E-state index contributed by atoms with van der Waals surface area (Å²) in [5, 5.41) is 0. The van der Waals surface area contributed by atoms with Crippen LogP contribution in [0.2, 0.25) is 0 Å². The Morgan fingerprint density at radius 2 is 2.00 bits per heavy atom. The lowest BCUT2D eigenvalue weighted by Crippen LogP contribution is -2.17. The maximum atomic E-state index is 12.2. The van der Waals surface area contributed by atoms with Gasteiger partial charge in [-0.05, 0) is 31.2 Å². The maximum Gasteiger partial charge on any atom is 0.302 e. The first-order valence-corrected chi connectivity index (χ1v) is 5.15. The number of halogens is 1. The smallest absolute Gasteiger partial charge is 0.302 e. The Labute approximate surface area is 66.0 Å². The van der Waals surface area contributed by atoms with Gasteiger partial charge in [-0.15, -0.1) is 3.89 Å². The van der Waals surface area contributed by atoms with Crippen molar-refractivity contribution in [2.75, 3.05) is 12.3 Å². The topological polar surface area (TPSA) is 60.2 Å². The molecule has 1 aliphatic rings. The van der Waals surface area contributed by atoms with Crippen LogP contribution in [0.25, 0.3) is 0 Å². The van der Waals surface area contributed by atoms with Crippen molar-refractivity contribution in [3.8, 4) is 0 Å². The highest BCUT2D eigenvalue weighted by Gasteiger charge is 2.45. The molecule has 0 amide bonds. The van der Waals surface area contributed by atoms with E-state index in [1.165, 1.54) is 0 Å². The van der Waals surface area contributed by atoms with E-state index in [-0.39, 0.29) is 11.2 Å². The first kappa shape index (κ1) is 8.93. The average molecular weight is 181 g/mol. The van der Waals surface area contributed by atoms with Gasteiger partial charge in [-0.2, -0.15) is 8.42 Å². The lowest BCUT2D eigenvalue weighted by molar-refractivity contribution is 0.489. The molecule has 2 N–H and O–H groups in total. The fraction of sp³-hybridized carbons (Fsp3) is 1.00. The van der Waals surface area contributed by atoms with Crippen LogP contribution in [0.3, 0.4) is 0 Å². The molecule has 0 spiro atoms. The Balaban J connectivity index is 2.48. The Bertz CT molecular complexity index is 233. The fourth-order valence-corrected chi connectivity index (χ4v) is 2.48. The molecule has 11 heavy (non-hydrogen) atoms. The van der Waals surface area contributed by atoms with Crippen LogP contribution in [0.5, 0.6) is 0 Å². The number of hydrogen-bond acceptors (Lipinski definition) is 3. The van der Waals surface area contributed by atoms with Crippen LogP contribution in [0.4, 0.5) is 3.89 Å².